The van der Waals surface area contributed by atoms with Crippen LogP contribution in [0.1, 0.15) is 19.8 Å². The molecule has 1 atom stereocenters. The average Bonchev–Trinajstić information content (AvgIpc) is 2.17. The summed E-state index contributed by atoms with van der Waals surface area (Å²) in [5, 5.41) is 0. The van der Waals surface area contributed by atoms with E-state index < -0.39 is 15.7 Å². The minimum absolute atomic E-state index is 0.00316. The Labute approximate surface area is 95.4 Å². The van der Waals surface area contributed by atoms with Crippen molar-refractivity contribution in [1.82, 2.24) is 0 Å². The summed E-state index contributed by atoms with van der Waals surface area (Å²) in [6.07, 6.45) is 1.19. The van der Waals surface area contributed by atoms with Gasteiger partial charge in [-0.3, -0.25) is 0 Å². The number of sulfone groups is 1. The standard InChI is InChI=1S/C11H16FNO2S/c1-9(13)3-2-8-16(14,15)11-6-4-10(12)5-7-11/h4-7,9H,2-3,8,13H2,1H3. The summed E-state index contributed by atoms with van der Waals surface area (Å²) >= 11 is 0. The zero-order chi connectivity index (χ0) is 12.2. The lowest BCUT2D eigenvalue weighted by Gasteiger charge is -2.06. The minimum atomic E-state index is -3.29. The summed E-state index contributed by atoms with van der Waals surface area (Å²) in [5.41, 5.74) is 5.54. The first kappa shape index (κ1) is 13.1. The van der Waals surface area contributed by atoms with Gasteiger partial charge in [0, 0.05) is 6.04 Å². The van der Waals surface area contributed by atoms with E-state index in [4.69, 9.17) is 5.73 Å². The quantitative estimate of drug-likeness (QED) is 0.804. The number of rotatable bonds is 5. The number of hydrogen-bond donors (Lipinski definition) is 1. The molecule has 0 aliphatic heterocycles. The monoisotopic (exact) mass is 245 g/mol. The molecule has 16 heavy (non-hydrogen) atoms. The summed E-state index contributed by atoms with van der Waals surface area (Å²) in [4.78, 5) is 0.165. The van der Waals surface area contributed by atoms with Crippen molar-refractivity contribution in [1.29, 1.82) is 0 Å². The molecule has 0 aromatic heterocycles. The van der Waals surface area contributed by atoms with Crippen LogP contribution in [0.25, 0.3) is 0 Å². The second-order valence-electron chi connectivity index (χ2n) is 3.89. The van der Waals surface area contributed by atoms with Crippen LogP contribution in [0, 0.1) is 5.82 Å². The van der Waals surface area contributed by atoms with Crippen molar-refractivity contribution in [3.63, 3.8) is 0 Å². The Kier molecular flexibility index (Phi) is 4.44. The van der Waals surface area contributed by atoms with Gasteiger partial charge in [-0.15, -0.1) is 0 Å². The zero-order valence-electron chi connectivity index (χ0n) is 9.19. The van der Waals surface area contributed by atoms with Crippen LogP contribution in [0.15, 0.2) is 29.2 Å². The lowest BCUT2D eigenvalue weighted by atomic mass is 10.2. The molecule has 0 bridgehead atoms. The molecule has 0 saturated carbocycles. The van der Waals surface area contributed by atoms with E-state index in [9.17, 15) is 12.8 Å². The Balaban J connectivity index is 2.67. The number of halogens is 1. The number of nitrogens with two attached hydrogens (primary N) is 1. The first-order valence-electron chi connectivity index (χ1n) is 5.16. The third-order valence-electron chi connectivity index (χ3n) is 2.25. The van der Waals surface area contributed by atoms with E-state index in [2.05, 4.69) is 0 Å². The molecule has 0 radical (unpaired) electrons. The third kappa shape index (κ3) is 3.90. The zero-order valence-corrected chi connectivity index (χ0v) is 10.0. The molecule has 0 amide bonds. The fourth-order valence-electron chi connectivity index (χ4n) is 1.36. The molecule has 0 saturated heterocycles. The SMILES string of the molecule is CC(N)CCCS(=O)(=O)c1ccc(F)cc1. The van der Waals surface area contributed by atoms with Gasteiger partial charge in [0.25, 0.3) is 0 Å². The van der Waals surface area contributed by atoms with Crippen LogP contribution in [-0.2, 0) is 9.84 Å². The van der Waals surface area contributed by atoms with Gasteiger partial charge in [0.1, 0.15) is 5.82 Å². The van der Waals surface area contributed by atoms with Crippen molar-refractivity contribution in [2.75, 3.05) is 5.75 Å². The van der Waals surface area contributed by atoms with Gasteiger partial charge in [-0.05, 0) is 44.0 Å². The summed E-state index contributed by atoms with van der Waals surface area (Å²) < 4.78 is 36.1. The van der Waals surface area contributed by atoms with Gasteiger partial charge in [-0.25, -0.2) is 12.8 Å². The van der Waals surface area contributed by atoms with E-state index in [0.717, 1.165) is 12.1 Å². The lowest BCUT2D eigenvalue weighted by Crippen LogP contribution is -2.16. The normalized spacial score (nSPS) is 13.7. The van der Waals surface area contributed by atoms with Crippen LogP contribution >= 0.6 is 0 Å². The molecule has 1 aromatic carbocycles. The molecule has 1 rings (SSSR count). The van der Waals surface area contributed by atoms with Crippen LogP contribution < -0.4 is 5.73 Å². The highest BCUT2D eigenvalue weighted by molar-refractivity contribution is 7.91. The predicted molar refractivity (Wildman–Crippen MR) is 61.3 cm³/mol. The van der Waals surface area contributed by atoms with Gasteiger partial charge >= 0.3 is 0 Å². The smallest absolute Gasteiger partial charge is 0.178 e. The summed E-state index contributed by atoms with van der Waals surface area (Å²) in [7, 11) is -3.29. The fourth-order valence-corrected chi connectivity index (χ4v) is 2.69. The van der Waals surface area contributed by atoms with Crippen LogP contribution in [0.2, 0.25) is 0 Å². The molecular formula is C11H16FNO2S. The molecule has 0 aliphatic carbocycles. The van der Waals surface area contributed by atoms with Gasteiger partial charge in [-0.2, -0.15) is 0 Å². The van der Waals surface area contributed by atoms with Crippen LogP contribution in [-0.4, -0.2) is 20.2 Å². The Hall–Kier alpha value is -0.940. The molecular weight excluding hydrogens is 229 g/mol. The highest BCUT2D eigenvalue weighted by Crippen LogP contribution is 2.13. The summed E-state index contributed by atoms with van der Waals surface area (Å²) in [5.74, 6) is -0.380. The minimum Gasteiger partial charge on any atom is -0.328 e. The summed E-state index contributed by atoms with van der Waals surface area (Å²) in [6, 6.07) is 4.88. The van der Waals surface area contributed by atoms with Crippen LogP contribution in [0.3, 0.4) is 0 Å². The molecule has 0 aliphatic rings. The first-order chi connectivity index (χ1) is 7.42. The van der Waals surface area contributed by atoms with Crippen LogP contribution in [0.4, 0.5) is 4.39 Å². The van der Waals surface area contributed by atoms with E-state index in [1.165, 1.54) is 12.1 Å². The second kappa shape index (κ2) is 5.41. The predicted octanol–water partition coefficient (Wildman–Crippen LogP) is 1.73. The van der Waals surface area contributed by atoms with Gasteiger partial charge < -0.3 is 5.73 Å². The van der Waals surface area contributed by atoms with Crippen LogP contribution in [0.5, 0.6) is 0 Å². The maximum atomic E-state index is 12.6. The van der Waals surface area contributed by atoms with Crippen molar-refractivity contribution in [3.8, 4) is 0 Å². The van der Waals surface area contributed by atoms with Gasteiger partial charge in [-0.1, -0.05) is 0 Å². The first-order valence-corrected chi connectivity index (χ1v) is 6.81. The average molecular weight is 245 g/mol. The Morgan fingerprint density at radius 3 is 2.38 bits per heavy atom. The van der Waals surface area contributed by atoms with Gasteiger partial charge in [0.05, 0.1) is 10.6 Å². The maximum Gasteiger partial charge on any atom is 0.178 e. The van der Waals surface area contributed by atoms with E-state index >= 15 is 0 Å². The highest BCUT2D eigenvalue weighted by Gasteiger charge is 2.14. The molecule has 0 fully saturated rings. The fraction of sp³-hybridized carbons (Fsp3) is 0.455. The Morgan fingerprint density at radius 2 is 1.88 bits per heavy atom. The molecule has 1 aromatic rings. The highest BCUT2D eigenvalue weighted by atomic mass is 32.2. The largest absolute Gasteiger partial charge is 0.328 e. The van der Waals surface area contributed by atoms with Crippen molar-refractivity contribution < 1.29 is 12.8 Å². The lowest BCUT2D eigenvalue weighted by molar-refractivity contribution is 0.584. The van der Waals surface area contributed by atoms with Gasteiger partial charge in [0.2, 0.25) is 0 Å². The molecule has 3 nitrogen and oxygen atoms in total. The maximum absolute atomic E-state index is 12.6. The Bertz CT molecular complexity index is 426. The van der Waals surface area contributed by atoms with Crippen molar-refractivity contribution in [2.24, 2.45) is 5.73 Å². The molecule has 0 spiro atoms. The third-order valence-corrected chi connectivity index (χ3v) is 4.06. The van der Waals surface area contributed by atoms with Crippen molar-refractivity contribution in [3.05, 3.63) is 30.1 Å². The van der Waals surface area contributed by atoms with E-state index in [-0.39, 0.29) is 16.7 Å². The van der Waals surface area contributed by atoms with E-state index in [1.807, 2.05) is 6.92 Å². The Morgan fingerprint density at radius 1 is 1.31 bits per heavy atom. The van der Waals surface area contributed by atoms with Crippen molar-refractivity contribution in [2.45, 2.75) is 30.7 Å². The second-order valence-corrected chi connectivity index (χ2v) is 6.00. The summed E-state index contributed by atoms with van der Waals surface area (Å²) in [6.45, 7) is 1.84. The molecule has 5 heteroatoms. The van der Waals surface area contributed by atoms with Gasteiger partial charge in [0.15, 0.2) is 9.84 Å². The van der Waals surface area contributed by atoms with E-state index in [1.54, 1.807) is 0 Å². The van der Waals surface area contributed by atoms with Crippen molar-refractivity contribution >= 4 is 9.84 Å². The molecule has 90 valence electrons. The molecule has 1 unspecified atom stereocenters. The number of benzene rings is 1. The number of hydrogen-bond acceptors (Lipinski definition) is 3. The molecule has 2 N–H and O–H groups in total. The topological polar surface area (TPSA) is 60.2 Å². The molecule has 0 heterocycles. The van der Waals surface area contributed by atoms with E-state index in [0.29, 0.717) is 12.8 Å².